The van der Waals surface area contributed by atoms with Crippen molar-refractivity contribution in [3.63, 3.8) is 0 Å². The van der Waals surface area contributed by atoms with E-state index >= 15 is 0 Å². The minimum Gasteiger partial charge on any atom is -0.369 e. The van der Waals surface area contributed by atoms with Crippen molar-refractivity contribution in [1.82, 2.24) is 4.90 Å². The average Bonchev–Trinajstić information content (AvgIpc) is 2.74. The Labute approximate surface area is 193 Å². The fraction of sp³-hybridized carbons (Fsp3) is 0.480. The molecule has 2 aliphatic rings. The minimum atomic E-state index is -5.98. The Bertz CT molecular complexity index is 1090. The predicted octanol–water partition coefficient (Wildman–Crippen LogP) is 5.75. The summed E-state index contributed by atoms with van der Waals surface area (Å²) in [7, 11) is 0. The van der Waals surface area contributed by atoms with Crippen LogP contribution in [0.3, 0.4) is 0 Å². The van der Waals surface area contributed by atoms with E-state index < -0.39 is 29.4 Å². The van der Waals surface area contributed by atoms with E-state index in [1.807, 2.05) is 18.2 Å². The van der Waals surface area contributed by atoms with Crippen molar-refractivity contribution in [3.8, 4) is 0 Å². The van der Waals surface area contributed by atoms with Gasteiger partial charge in [-0.3, -0.25) is 4.79 Å². The van der Waals surface area contributed by atoms with Crippen molar-refractivity contribution < 1.29 is 36.2 Å². The summed E-state index contributed by atoms with van der Waals surface area (Å²) in [5, 5.41) is 9.60. The standard InChI is InChI=1S/C25H25F6NO2/c1-21(2)19-14-16-6-4-5-7-18(16)22(21,3)12-13-32(19)20(33)15-8-10-17(11-9-15)23(34,24(26,27)28)25(29,30)31/h4-11,19,34H,12-14H2,1-3H3/t19-,22-/m0/s1. The van der Waals surface area contributed by atoms with Crippen LogP contribution in [0.15, 0.2) is 48.5 Å². The lowest BCUT2D eigenvalue weighted by Crippen LogP contribution is -2.64. The normalized spacial score (nSPS) is 24.5. The van der Waals surface area contributed by atoms with Crippen molar-refractivity contribution in [1.29, 1.82) is 0 Å². The summed E-state index contributed by atoms with van der Waals surface area (Å²) in [4.78, 5) is 15.1. The zero-order valence-electron chi connectivity index (χ0n) is 18.9. The summed E-state index contributed by atoms with van der Waals surface area (Å²) in [6, 6.07) is 10.7. The molecule has 2 aromatic rings. The third-order valence-electron chi connectivity index (χ3n) is 8.14. The van der Waals surface area contributed by atoms with Gasteiger partial charge in [-0.1, -0.05) is 57.2 Å². The molecule has 1 heterocycles. The molecule has 2 aromatic carbocycles. The van der Waals surface area contributed by atoms with Gasteiger partial charge in [0.1, 0.15) is 0 Å². The highest BCUT2D eigenvalue weighted by atomic mass is 19.4. The Morgan fingerprint density at radius 1 is 0.941 bits per heavy atom. The van der Waals surface area contributed by atoms with Crippen LogP contribution in [0.2, 0.25) is 0 Å². The summed E-state index contributed by atoms with van der Waals surface area (Å²) in [6.07, 6.45) is -10.7. The smallest absolute Gasteiger partial charge is 0.369 e. The minimum absolute atomic E-state index is 0.0336. The third kappa shape index (κ3) is 3.26. The average molecular weight is 485 g/mol. The molecule has 1 aliphatic heterocycles. The largest absolute Gasteiger partial charge is 0.430 e. The second-order valence-corrected chi connectivity index (χ2v) is 9.96. The number of hydrogen-bond acceptors (Lipinski definition) is 2. The van der Waals surface area contributed by atoms with E-state index in [-0.39, 0.29) is 22.4 Å². The van der Waals surface area contributed by atoms with Gasteiger partial charge in [-0.05, 0) is 41.5 Å². The lowest BCUT2D eigenvalue weighted by molar-refractivity contribution is -0.376. The Kier molecular flexibility index (Phi) is 5.40. The van der Waals surface area contributed by atoms with Crippen LogP contribution in [0.25, 0.3) is 0 Å². The maximum absolute atomic E-state index is 13.4. The first-order valence-electron chi connectivity index (χ1n) is 10.9. The van der Waals surface area contributed by atoms with Gasteiger partial charge in [-0.15, -0.1) is 0 Å². The van der Waals surface area contributed by atoms with Gasteiger partial charge in [0, 0.05) is 29.1 Å². The number of nitrogens with zero attached hydrogens (tertiary/aromatic N) is 1. The molecule has 184 valence electrons. The molecule has 2 bridgehead atoms. The number of piperidine rings is 1. The first-order valence-corrected chi connectivity index (χ1v) is 10.9. The summed E-state index contributed by atoms with van der Waals surface area (Å²) in [5.74, 6) is -0.464. The monoisotopic (exact) mass is 485 g/mol. The zero-order chi connectivity index (χ0) is 25.3. The molecule has 34 heavy (non-hydrogen) atoms. The van der Waals surface area contributed by atoms with Crippen molar-refractivity contribution in [2.75, 3.05) is 6.54 Å². The van der Waals surface area contributed by atoms with Gasteiger partial charge in [0.05, 0.1) is 0 Å². The maximum atomic E-state index is 13.4. The van der Waals surface area contributed by atoms with E-state index in [1.165, 1.54) is 5.56 Å². The highest BCUT2D eigenvalue weighted by Crippen LogP contribution is 2.56. The second kappa shape index (κ2) is 7.47. The van der Waals surface area contributed by atoms with E-state index in [0.29, 0.717) is 31.5 Å². The van der Waals surface area contributed by atoms with E-state index in [0.717, 1.165) is 17.7 Å². The molecule has 2 atom stereocenters. The molecule has 0 saturated carbocycles. The topological polar surface area (TPSA) is 40.5 Å². The summed E-state index contributed by atoms with van der Waals surface area (Å²) < 4.78 is 79.0. The highest BCUT2D eigenvalue weighted by molar-refractivity contribution is 5.94. The molecule has 0 radical (unpaired) electrons. The summed E-state index contributed by atoms with van der Waals surface area (Å²) in [6.45, 7) is 6.75. The second-order valence-electron chi connectivity index (χ2n) is 9.96. The SMILES string of the molecule is CC1(C)[C@@H]2Cc3ccccc3[C@]1(C)CCN2C(=O)c1ccc(C(O)(C(F)(F)F)C(F)(F)F)cc1. The van der Waals surface area contributed by atoms with Crippen LogP contribution < -0.4 is 0 Å². The van der Waals surface area contributed by atoms with Crippen LogP contribution in [0.5, 0.6) is 0 Å². The van der Waals surface area contributed by atoms with Crippen LogP contribution >= 0.6 is 0 Å². The Hall–Kier alpha value is -2.55. The van der Waals surface area contributed by atoms with E-state index in [9.17, 15) is 36.2 Å². The molecule has 4 rings (SSSR count). The van der Waals surface area contributed by atoms with Crippen LogP contribution in [0.1, 0.15) is 54.2 Å². The van der Waals surface area contributed by atoms with Gasteiger partial charge in [-0.25, -0.2) is 0 Å². The van der Waals surface area contributed by atoms with Gasteiger partial charge in [-0.2, -0.15) is 26.3 Å². The molecular formula is C25H25F6NO2. The fourth-order valence-electron chi connectivity index (χ4n) is 5.62. The quantitative estimate of drug-likeness (QED) is 0.550. The number of benzene rings is 2. The first kappa shape index (κ1) is 24.6. The van der Waals surface area contributed by atoms with Gasteiger partial charge in [0.25, 0.3) is 11.5 Å². The van der Waals surface area contributed by atoms with Crippen molar-refractivity contribution in [2.24, 2.45) is 5.41 Å². The van der Waals surface area contributed by atoms with Gasteiger partial charge >= 0.3 is 12.4 Å². The van der Waals surface area contributed by atoms with E-state index in [4.69, 9.17) is 0 Å². The maximum Gasteiger partial charge on any atom is 0.430 e. The molecule has 1 N–H and O–H groups in total. The fourth-order valence-corrected chi connectivity index (χ4v) is 5.62. The highest BCUT2D eigenvalue weighted by Gasteiger charge is 2.71. The Morgan fingerprint density at radius 2 is 1.50 bits per heavy atom. The number of carbonyl (C=O) groups excluding carboxylic acids is 1. The number of hydrogen-bond donors (Lipinski definition) is 1. The molecule has 0 aromatic heterocycles. The number of likely N-dealkylation sites (tertiary alicyclic amines) is 1. The summed E-state index contributed by atoms with van der Waals surface area (Å²) in [5.41, 5.74) is -4.58. The Balaban J connectivity index is 1.68. The number of rotatable bonds is 2. The van der Waals surface area contributed by atoms with Gasteiger partial charge in [0.2, 0.25) is 0 Å². The molecule has 1 aliphatic carbocycles. The lowest BCUT2D eigenvalue weighted by atomic mass is 9.51. The van der Waals surface area contributed by atoms with Gasteiger partial charge in [0.15, 0.2) is 0 Å². The number of amides is 1. The van der Waals surface area contributed by atoms with Gasteiger partial charge < -0.3 is 10.0 Å². The van der Waals surface area contributed by atoms with Crippen molar-refractivity contribution >= 4 is 5.91 Å². The first-order chi connectivity index (χ1) is 15.6. The van der Waals surface area contributed by atoms with Crippen LogP contribution in [-0.4, -0.2) is 40.9 Å². The van der Waals surface area contributed by atoms with Crippen LogP contribution in [0, 0.1) is 5.41 Å². The number of aliphatic hydroxyl groups is 1. The lowest BCUT2D eigenvalue weighted by Gasteiger charge is -2.60. The Morgan fingerprint density at radius 3 is 2.06 bits per heavy atom. The van der Waals surface area contributed by atoms with E-state index in [2.05, 4.69) is 26.8 Å². The van der Waals surface area contributed by atoms with Crippen LogP contribution in [-0.2, 0) is 17.4 Å². The molecule has 9 heteroatoms. The third-order valence-corrected chi connectivity index (χ3v) is 8.14. The molecule has 1 amide bonds. The molecule has 1 fully saturated rings. The van der Waals surface area contributed by atoms with Crippen molar-refractivity contribution in [3.05, 3.63) is 70.8 Å². The summed E-state index contributed by atoms with van der Waals surface area (Å²) >= 11 is 0. The number of carbonyl (C=O) groups is 1. The number of fused-ring (bicyclic) bond motifs is 4. The molecule has 0 unspecified atom stereocenters. The predicted molar refractivity (Wildman–Crippen MR) is 113 cm³/mol. The molecule has 3 nitrogen and oxygen atoms in total. The molecular weight excluding hydrogens is 460 g/mol. The van der Waals surface area contributed by atoms with E-state index in [1.54, 1.807) is 4.90 Å². The van der Waals surface area contributed by atoms with Crippen molar-refractivity contribution in [2.45, 2.75) is 63.0 Å². The number of alkyl halides is 6. The molecule has 1 saturated heterocycles. The zero-order valence-corrected chi connectivity index (χ0v) is 18.9. The number of halogens is 6. The molecule has 0 spiro atoms. The van der Waals surface area contributed by atoms with Crippen LogP contribution in [0.4, 0.5) is 26.3 Å².